The predicted octanol–water partition coefficient (Wildman–Crippen LogP) is 5.93. The third kappa shape index (κ3) is 5.80. The van der Waals surface area contributed by atoms with E-state index in [2.05, 4.69) is 29.3 Å². The zero-order chi connectivity index (χ0) is 17.2. The van der Waals surface area contributed by atoms with Crippen molar-refractivity contribution >= 4 is 17.3 Å². The Balaban J connectivity index is 1.95. The first kappa shape index (κ1) is 17.6. The summed E-state index contributed by atoms with van der Waals surface area (Å²) in [6.07, 6.45) is 6.50. The van der Waals surface area contributed by atoms with Crippen molar-refractivity contribution in [2.24, 2.45) is 10.2 Å². The minimum atomic E-state index is -0.393. The highest BCUT2D eigenvalue weighted by molar-refractivity contribution is 5.83. The summed E-state index contributed by atoms with van der Waals surface area (Å²) in [5, 5.41) is 8.42. The molecule has 0 radical (unpaired) electrons. The monoisotopic (exact) mass is 322 g/mol. The van der Waals surface area contributed by atoms with Gasteiger partial charge >= 0.3 is 5.97 Å². The Hall–Kier alpha value is -2.75. The first-order chi connectivity index (χ1) is 11.7. The molecule has 2 aromatic rings. The molecule has 0 saturated heterocycles. The summed E-state index contributed by atoms with van der Waals surface area (Å²) >= 11 is 0. The molecule has 0 aromatic heterocycles. The van der Waals surface area contributed by atoms with Crippen LogP contribution in [-0.4, -0.2) is 5.97 Å². The number of hydrogen-bond acceptors (Lipinski definition) is 4. The van der Waals surface area contributed by atoms with E-state index in [-0.39, 0.29) is 0 Å². The highest BCUT2D eigenvalue weighted by Crippen LogP contribution is 2.22. The van der Waals surface area contributed by atoms with Gasteiger partial charge in [-0.05, 0) is 61.7 Å². The van der Waals surface area contributed by atoms with Crippen LogP contribution in [0, 0.1) is 0 Å². The summed E-state index contributed by atoms with van der Waals surface area (Å²) in [5.74, 6) is 0.0902. The van der Waals surface area contributed by atoms with Crippen molar-refractivity contribution < 1.29 is 9.53 Å². The Kier molecular flexibility index (Phi) is 6.90. The molecule has 0 saturated carbocycles. The Morgan fingerprint density at radius 2 is 1.58 bits per heavy atom. The highest BCUT2D eigenvalue weighted by atomic mass is 16.5. The van der Waals surface area contributed by atoms with Crippen LogP contribution >= 0.6 is 0 Å². The molecule has 0 bridgehead atoms. The second-order valence-electron chi connectivity index (χ2n) is 5.38. The second-order valence-corrected chi connectivity index (χ2v) is 5.38. The van der Waals surface area contributed by atoms with E-state index in [0.29, 0.717) is 11.4 Å². The topological polar surface area (TPSA) is 51.0 Å². The van der Waals surface area contributed by atoms with Crippen LogP contribution in [0.2, 0.25) is 0 Å². The molecule has 2 rings (SSSR count). The van der Waals surface area contributed by atoms with Gasteiger partial charge in [-0.1, -0.05) is 31.6 Å². The van der Waals surface area contributed by atoms with Crippen LogP contribution in [0.4, 0.5) is 11.4 Å². The average molecular weight is 322 g/mol. The first-order valence-corrected chi connectivity index (χ1v) is 8.16. The van der Waals surface area contributed by atoms with Gasteiger partial charge in [0.1, 0.15) is 5.75 Å². The summed E-state index contributed by atoms with van der Waals surface area (Å²) in [4.78, 5) is 11.4. The molecule has 0 N–H and O–H groups in total. The second kappa shape index (κ2) is 9.40. The summed E-state index contributed by atoms with van der Waals surface area (Å²) in [5.41, 5.74) is 2.85. The maximum absolute atomic E-state index is 11.4. The smallest absolute Gasteiger partial charge is 0.335 e. The molecule has 0 unspecified atom stereocenters. The molecule has 0 heterocycles. The SMILES string of the molecule is C/C=C/C(=O)Oc1ccc(N=Nc2ccc(CCCC)cc2)cc1. The molecule has 2 aromatic carbocycles. The van der Waals surface area contributed by atoms with Crippen LogP contribution in [0.5, 0.6) is 5.75 Å². The normalized spacial score (nSPS) is 11.2. The number of carbonyl (C=O) groups is 1. The van der Waals surface area contributed by atoms with Crippen molar-refractivity contribution in [2.75, 3.05) is 0 Å². The van der Waals surface area contributed by atoms with E-state index >= 15 is 0 Å². The molecule has 0 fully saturated rings. The summed E-state index contributed by atoms with van der Waals surface area (Å²) in [6, 6.07) is 15.0. The van der Waals surface area contributed by atoms with Crippen LogP contribution in [0.1, 0.15) is 32.3 Å². The van der Waals surface area contributed by atoms with Gasteiger partial charge in [0.2, 0.25) is 0 Å². The van der Waals surface area contributed by atoms with Crippen LogP contribution in [0.3, 0.4) is 0 Å². The lowest BCUT2D eigenvalue weighted by Gasteiger charge is -2.01. The van der Waals surface area contributed by atoms with Gasteiger partial charge in [-0.2, -0.15) is 10.2 Å². The maximum atomic E-state index is 11.4. The maximum Gasteiger partial charge on any atom is 0.335 e. The number of rotatable bonds is 7. The third-order valence-corrected chi connectivity index (χ3v) is 3.39. The zero-order valence-corrected chi connectivity index (χ0v) is 14.1. The Morgan fingerprint density at radius 3 is 2.12 bits per heavy atom. The van der Waals surface area contributed by atoms with E-state index in [0.717, 1.165) is 12.1 Å². The lowest BCUT2D eigenvalue weighted by molar-refractivity contribution is -0.129. The minimum absolute atomic E-state index is 0.393. The lowest BCUT2D eigenvalue weighted by atomic mass is 10.1. The number of azo groups is 1. The van der Waals surface area contributed by atoms with Crippen molar-refractivity contribution in [1.29, 1.82) is 0 Å². The number of carbonyl (C=O) groups excluding carboxylic acids is 1. The first-order valence-electron chi connectivity index (χ1n) is 8.16. The summed E-state index contributed by atoms with van der Waals surface area (Å²) in [7, 11) is 0. The molecule has 4 heteroatoms. The summed E-state index contributed by atoms with van der Waals surface area (Å²) < 4.78 is 5.12. The van der Waals surface area contributed by atoms with Crippen LogP contribution < -0.4 is 4.74 Å². The van der Waals surface area contributed by atoms with Gasteiger partial charge < -0.3 is 4.74 Å². The summed E-state index contributed by atoms with van der Waals surface area (Å²) in [6.45, 7) is 3.95. The van der Waals surface area contributed by atoms with E-state index in [1.807, 2.05) is 12.1 Å². The van der Waals surface area contributed by atoms with E-state index in [1.165, 1.54) is 24.5 Å². The number of ether oxygens (including phenoxy) is 1. The van der Waals surface area contributed by atoms with Gasteiger partial charge in [-0.3, -0.25) is 0 Å². The average Bonchev–Trinajstić information content (AvgIpc) is 2.60. The molecule has 0 aliphatic heterocycles. The molecule has 0 aliphatic carbocycles. The van der Waals surface area contributed by atoms with Gasteiger partial charge in [0, 0.05) is 6.08 Å². The van der Waals surface area contributed by atoms with Gasteiger partial charge in [-0.25, -0.2) is 4.79 Å². The largest absolute Gasteiger partial charge is 0.423 e. The van der Waals surface area contributed by atoms with Gasteiger partial charge in [0.05, 0.1) is 11.4 Å². The fourth-order valence-corrected chi connectivity index (χ4v) is 2.09. The van der Waals surface area contributed by atoms with Gasteiger partial charge in [0.25, 0.3) is 0 Å². The molecule has 0 aliphatic rings. The van der Waals surface area contributed by atoms with Crippen molar-refractivity contribution in [2.45, 2.75) is 33.1 Å². The number of nitrogens with zero attached hydrogens (tertiary/aromatic N) is 2. The molecule has 0 atom stereocenters. The van der Waals surface area contributed by atoms with E-state index < -0.39 is 5.97 Å². The van der Waals surface area contributed by atoms with Crippen LogP contribution in [-0.2, 0) is 11.2 Å². The Bertz CT molecular complexity index is 701. The van der Waals surface area contributed by atoms with Gasteiger partial charge in [-0.15, -0.1) is 0 Å². The van der Waals surface area contributed by atoms with Crippen LogP contribution in [0.25, 0.3) is 0 Å². The molecular weight excluding hydrogens is 300 g/mol. The number of benzene rings is 2. The van der Waals surface area contributed by atoms with E-state index in [4.69, 9.17) is 4.74 Å². The number of esters is 1. The third-order valence-electron chi connectivity index (χ3n) is 3.39. The van der Waals surface area contributed by atoms with Crippen molar-refractivity contribution in [3.63, 3.8) is 0 Å². The number of hydrogen-bond donors (Lipinski definition) is 0. The molecule has 0 amide bonds. The van der Waals surface area contributed by atoms with Gasteiger partial charge in [0.15, 0.2) is 0 Å². The number of unbranched alkanes of at least 4 members (excludes halogenated alkanes) is 1. The quantitative estimate of drug-likeness (QED) is 0.275. The van der Waals surface area contributed by atoms with Crippen molar-refractivity contribution in [3.05, 3.63) is 66.2 Å². The fraction of sp³-hybridized carbons (Fsp3) is 0.250. The highest BCUT2D eigenvalue weighted by Gasteiger charge is 2.00. The molecule has 0 spiro atoms. The molecule has 24 heavy (non-hydrogen) atoms. The predicted molar refractivity (Wildman–Crippen MR) is 96.1 cm³/mol. The number of aryl methyl sites for hydroxylation is 1. The fourth-order valence-electron chi connectivity index (χ4n) is 2.09. The molecular formula is C20H22N2O2. The Labute approximate surface area is 142 Å². The minimum Gasteiger partial charge on any atom is -0.423 e. The van der Waals surface area contributed by atoms with Crippen molar-refractivity contribution in [1.82, 2.24) is 0 Å². The number of allylic oxidation sites excluding steroid dienone is 1. The lowest BCUT2D eigenvalue weighted by Crippen LogP contribution is -2.02. The molecule has 4 nitrogen and oxygen atoms in total. The Morgan fingerprint density at radius 1 is 1.00 bits per heavy atom. The molecule has 124 valence electrons. The van der Waals surface area contributed by atoms with Crippen LogP contribution in [0.15, 0.2) is 70.9 Å². The van der Waals surface area contributed by atoms with Crippen molar-refractivity contribution in [3.8, 4) is 5.75 Å². The standard InChI is InChI=1S/C20H22N2O2/c1-3-5-7-16-8-10-17(11-9-16)21-22-18-12-14-19(15-13-18)24-20(23)6-4-2/h4,6,8-15H,3,5,7H2,1-2H3/b6-4+,22-21?. The zero-order valence-electron chi connectivity index (χ0n) is 14.1. The van der Waals surface area contributed by atoms with E-state index in [1.54, 1.807) is 37.3 Å². The van der Waals surface area contributed by atoms with E-state index in [9.17, 15) is 4.79 Å².